The molecule has 0 aliphatic rings. The van der Waals surface area contributed by atoms with Crippen LogP contribution in [-0.2, 0) is 21.8 Å². The van der Waals surface area contributed by atoms with Crippen molar-refractivity contribution >= 4 is 21.7 Å². The van der Waals surface area contributed by atoms with Gasteiger partial charge < -0.3 is 0 Å². The van der Waals surface area contributed by atoms with E-state index in [4.69, 9.17) is 0 Å². The van der Waals surface area contributed by atoms with Gasteiger partial charge in [0.2, 0.25) is 11.8 Å². The summed E-state index contributed by atoms with van der Waals surface area (Å²) in [5, 5.41) is 7.02. The van der Waals surface area contributed by atoms with Gasteiger partial charge in [0.05, 0.1) is 5.75 Å². The molecule has 1 heterocycles. The summed E-state index contributed by atoms with van der Waals surface area (Å²) >= 11 is 0. The lowest BCUT2D eigenvalue weighted by Crippen LogP contribution is -2.13. The lowest BCUT2D eigenvalue weighted by molar-refractivity contribution is -0.144. The van der Waals surface area contributed by atoms with Crippen LogP contribution in [0.15, 0.2) is 24.3 Å². The van der Waals surface area contributed by atoms with Gasteiger partial charge in [0.1, 0.15) is 0 Å². The quantitative estimate of drug-likeness (QED) is 0.874. The van der Waals surface area contributed by atoms with Crippen LogP contribution in [0.25, 0.3) is 0 Å². The van der Waals surface area contributed by atoms with E-state index in [1.807, 2.05) is 0 Å². The molecular formula is C12H11F3N4O3S. The zero-order chi connectivity index (χ0) is 17.3. The molecule has 1 amide bonds. The number of aromatic nitrogens is 3. The molecular weight excluding hydrogens is 337 g/mol. The molecule has 1 aromatic heterocycles. The highest BCUT2D eigenvalue weighted by molar-refractivity contribution is 7.89. The van der Waals surface area contributed by atoms with E-state index in [1.165, 1.54) is 24.3 Å². The first-order chi connectivity index (χ1) is 10.5. The van der Waals surface area contributed by atoms with Crippen LogP contribution in [0, 0.1) is 0 Å². The number of benzene rings is 1. The van der Waals surface area contributed by atoms with Crippen LogP contribution in [0.3, 0.4) is 0 Å². The molecule has 2 N–H and O–H groups in total. The van der Waals surface area contributed by atoms with Crippen molar-refractivity contribution in [3.8, 4) is 0 Å². The molecule has 2 aromatic rings. The topological polar surface area (TPSA) is 105 Å². The van der Waals surface area contributed by atoms with Crippen LogP contribution in [0.1, 0.15) is 21.7 Å². The minimum Gasteiger partial charge on any atom is -0.289 e. The highest BCUT2D eigenvalue weighted by Gasteiger charge is 2.35. The third-order valence-corrected chi connectivity index (χ3v) is 3.48. The van der Waals surface area contributed by atoms with Crippen molar-refractivity contribution in [3.63, 3.8) is 0 Å². The van der Waals surface area contributed by atoms with Gasteiger partial charge in [-0.15, -0.1) is 5.10 Å². The number of H-pyrrole nitrogens is 1. The summed E-state index contributed by atoms with van der Waals surface area (Å²) in [6, 6.07) is 5.59. The van der Waals surface area contributed by atoms with Crippen molar-refractivity contribution in [2.45, 2.75) is 11.9 Å². The summed E-state index contributed by atoms with van der Waals surface area (Å²) in [6.45, 7) is 0. The maximum Gasteiger partial charge on any atom is 0.451 e. The van der Waals surface area contributed by atoms with Crippen molar-refractivity contribution in [1.29, 1.82) is 0 Å². The van der Waals surface area contributed by atoms with E-state index in [0.29, 0.717) is 5.56 Å². The number of carbonyl (C=O) groups is 1. The van der Waals surface area contributed by atoms with Crippen LogP contribution >= 0.6 is 0 Å². The van der Waals surface area contributed by atoms with Gasteiger partial charge in [-0.3, -0.25) is 15.2 Å². The smallest absolute Gasteiger partial charge is 0.289 e. The average Bonchev–Trinajstić information content (AvgIpc) is 2.86. The summed E-state index contributed by atoms with van der Waals surface area (Å²) < 4.78 is 59.3. The minimum absolute atomic E-state index is 0.126. The monoisotopic (exact) mass is 348 g/mol. The summed E-state index contributed by atoms with van der Waals surface area (Å²) in [5.41, 5.74) is 0.613. The first-order valence-electron chi connectivity index (χ1n) is 6.12. The first kappa shape index (κ1) is 16.9. The molecule has 0 aliphatic carbocycles. The van der Waals surface area contributed by atoms with Gasteiger partial charge in [0.25, 0.3) is 5.91 Å². The normalized spacial score (nSPS) is 12.2. The molecule has 0 spiro atoms. The maximum absolute atomic E-state index is 12.3. The van der Waals surface area contributed by atoms with Gasteiger partial charge in [-0.2, -0.15) is 18.2 Å². The number of anilines is 1. The molecule has 0 unspecified atom stereocenters. The number of sulfone groups is 1. The fourth-order valence-electron chi connectivity index (χ4n) is 1.67. The third-order valence-electron chi connectivity index (χ3n) is 2.62. The Morgan fingerprint density at radius 1 is 1.26 bits per heavy atom. The van der Waals surface area contributed by atoms with Crippen LogP contribution in [0.4, 0.5) is 19.1 Å². The van der Waals surface area contributed by atoms with Gasteiger partial charge >= 0.3 is 6.18 Å². The molecule has 23 heavy (non-hydrogen) atoms. The number of carbonyl (C=O) groups excluding carboxylic acids is 1. The fourth-order valence-corrected chi connectivity index (χ4v) is 2.47. The fraction of sp³-hybridized carbons (Fsp3) is 0.250. The Hall–Kier alpha value is -2.43. The van der Waals surface area contributed by atoms with Crippen molar-refractivity contribution in [2.24, 2.45) is 0 Å². The highest BCUT2D eigenvalue weighted by atomic mass is 32.2. The molecule has 1 aromatic carbocycles. The molecule has 0 fully saturated rings. The van der Waals surface area contributed by atoms with E-state index >= 15 is 0 Å². The van der Waals surface area contributed by atoms with E-state index in [2.05, 4.69) is 15.4 Å². The molecule has 124 valence electrons. The molecule has 0 atom stereocenters. The number of nitrogens with zero attached hydrogens (tertiary/aromatic N) is 2. The molecule has 2 rings (SSSR count). The number of halogens is 3. The number of rotatable bonds is 4. The second-order valence-electron chi connectivity index (χ2n) is 4.73. The van der Waals surface area contributed by atoms with Crippen molar-refractivity contribution in [2.75, 3.05) is 11.6 Å². The Morgan fingerprint density at radius 2 is 1.87 bits per heavy atom. The van der Waals surface area contributed by atoms with Crippen LogP contribution in [0.5, 0.6) is 0 Å². The summed E-state index contributed by atoms with van der Waals surface area (Å²) in [6.07, 6.45) is -3.61. The molecule has 7 nitrogen and oxygen atoms in total. The van der Waals surface area contributed by atoms with Crippen LogP contribution < -0.4 is 5.32 Å². The zero-order valence-corrected chi connectivity index (χ0v) is 12.5. The van der Waals surface area contributed by atoms with E-state index in [0.717, 1.165) is 6.26 Å². The second-order valence-corrected chi connectivity index (χ2v) is 6.87. The largest absolute Gasteiger partial charge is 0.451 e. The van der Waals surface area contributed by atoms with Crippen molar-refractivity contribution in [1.82, 2.24) is 15.2 Å². The molecule has 11 heteroatoms. The molecule has 0 saturated carbocycles. The van der Waals surface area contributed by atoms with Crippen molar-refractivity contribution in [3.05, 3.63) is 41.2 Å². The van der Waals surface area contributed by atoms with E-state index < -0.39 is 33.7 Å². The second kappa shape index (κ2) is 5.99. The van der Waals surface area contributed by atoms with Gasteiger partial charge in [-0.1, -0.05) is 12.1 Å². The Balaban J connectivity index is 2.08. The molecule has 0 saturated heterocycles. The average molecular weight is 348 g/mol. The summed E-state index contributed by atoms with van der Waals surface area (Å²) in [5.74, 6) is -2.73. The van der Waals surface area contributed by atoms with Crippen LogP contribution in [-0.4, -0.2) is 35.8 Å². The number of aromatic amines is 1. The third kappa shape index (κ3) is 4.77. The number of hydrogen-bond donors (Lipinski definition) is 2. The van der Waals surface area contributed by atoms with Gasteiger partial charge in [0.15, 0.2) is 9.84 Å². The number of hydrogen-bond acceptors (Lipinski definition) is 5. The van der Waals surface area contributed by atoms with Crippen molar-refractivity contribution < 1.29 is 26.4 Å². The lowest BCUT2D eigenvalue weighted by Gasteiger charge is -2.03. The van der Waals surface area contributed by atoms with Gasteiger partial charge in [-0.25, -0.2) is 8.42 Å². The Morgan fingerprint density at radius 3 is 2.35 bits per heavy atom. The SMILES string of the molecule is CS(=O)(=O)Cc1ccc(C(=O)Nc2n[nH]c(C(F)(F)F)n2)cc1. The standard InChI is InChI=1S/C12H11F3N4O3S/c1-23(21,22)6-7-2-4-8(5-3-7)9(20)16-11-17-10(18-19-11)12(13,14)15/h2-5H,6H2,1H3,(H2,16,17,18,19,20). The summed E-state index contributed by atoms with van der Waals surface area (Å²) in [4.78, 5) is 15.0. The predicted octanol–water partition coefficient (Wildman–Crippen LogP) is 1.62. The number of nitrogens with one attached hydrogen (secondary N) is 2. The number of alkyl halides is 3. The van der Waals surface area contributed by atoms with E-state index in [-0.39, 0.29) is 11.3 Å². The Kier molecular flexibility index (Phi) is 4.41. The summed E-state index contributed by atoms with van der Waals surface area (Å²) in [7, 11) is -3.20. The first-order valence-corrected chi connectivity index (χ1v) is 8.18. The number of amides is 1. The zero-order valence-electron chi connectivity index (χ0n) is 11.7. The van der Waals surface area contributed by atoms with E-state index in [9.17, 15) is 26.4 Å². The van der Waals surface area contributed by atoms with Gasteiger partial charge in [-0.05, 0) is 17.7 Å². The Bertz CT molecular complexity index is 813. The molecule has 0 bridgehead atoms. The maximum atomic E-state index is 12.3. The van der Waals surface area contributed by atoms with E-state index in [1.54, 1.807) is 5.10 Å². The molecule has 0 radical (unpaired) electrons. The predicted molar refractivity (Wildman–Crippen MR) is 74.3 cm³/mol. The minimum atomic E-state index is -4.69. The van der Waals surface area contributed by atoms with Gasteiger partial charge in [0, 0.05) is 11.8 Å². The lowest BCUT2D eigenvalue weighted by atomic mass is 10.1. The molecule has 0 aliphatic heterocycles. The van der Waals surface area contributed by atoms with Crippen LogP contribution in [0.2, 0.25) is 0 Å². The Labute approximate surface area is 128 Å². The highest BCUT2D eigenvalue weighted by Crippen LogP contribution is 2.26.